The van der Waals surface area contributed by atoms with E-state index in [1.54, 1.807) is 6.07 Å². The molecule has 4 rings (SSSR count). The van der Waals surface area contributed by atoms with Crippen LogP contribution < -0.4 is 24.3 Å². The summed E-state index contributed by atoms with van der Waals surface area (Å²) < 4.78 is 22.7. The molecular formula is C18H17NO5. The average molecular weight is 327 g/mol. The van der Waals surface area contributed by atoms with Crippen LogP contribution in [0.1, 0.15) is 0 Å². The number of fused-ring (bicyclic) bond motifs is 2. The topological polar surface area (TPSA) is 66.0 Å². The first-order valence-corrected chi connectivity index (χ1v) is 7.84. The van der Waals surface area contributed by atoms with Crippen LogP contribution in [0.4, 0.5) is 0 Å². The Balaban J connectivity index is 1.32. The van der Waals surface area contributed by atoms with E-state index in [-0.39, 0.29) is 18.6 Å². The van der Waals surface area contributed by atoms with Gasteiger partial charge in [0.2, 0.25) is 6.10 Å². The molecule has 0 radical (unpaired) electrons. The Morgan fingerprint density at radius 2 is 1.46 bits per heavy atom. The Hall–Kier alpha value is -2.89. The molecule has 6 nitrogen and oxygen atoms in total. The van der Waals surface area contributed by atoms with E-state index in [2.05, 4.69) is 5.32 Å². The van der Waals surface area contributed by atoms with Crippen molar-refractivity contribution >= 4 is 5.91 Å². The van der Waals surface area contributed by atoms with Crippen LogP contribution >= 0.6 is 0 Å². The van der Waals surface area contributed by atoms with Gasteiger partial charge in [0, 0.05) is 0 Å². The van der Waals surface area contributed by atoms with Crippen molar-refractivity contribution in [3.05, 3.63) is 48.5 Å². The largest absolute Gasteiger partial charge is 0.486 e. The van der Waals surface area contributed by atoms with Gasteiger partial charge in [-0.2, -0.15) is 0 Å². The molecule has 2 aromatic rings. The van der Waals surface area contributed by atoms with Crippen LogP contribution in [0.2, 0.25) is 0 Å². The molecule has 0 fully saturated rings. The predicted octanol–water partition coefficient (Wildman–Crippen LogP) is 1.78. The molecule has 0 bridgehead atoms. The number of para-hydroxylation sites is 4. The molecule has 124 valence electrons. The number of carbonyl (C=O) groups excluding carboxylic acids is 1. The molecule has 1 N–H and O–H groups in total. The molecule has 2 aliphatic heterocycles. The minimum absolute atomic E-state index is 0.188. The Morgan fingerprint density at radius 1 is 0.875 bits per heavy atom. The first kappa shape index (κ1) is 14.7. The van der Waals surface area contributed by atoms with Crippen molar-refractivity contribution in [1.29, 1.82) is 0 Å². The molecule has 2 atom stereocenters. The zero-order chi connectivity index (χ0) is 16.4. The molecule has 0 aliphatic carbocycles. The van der Waals surface area contributed by atoms with Crippen LogP contribution in [0, 0.1) is 0 Å². The van der Waals surface area contributed by atoms with Gasteiger partial charge in [-0.1, -0.05) is 24.3 Å². The first-order chi connectivity index (χ1) is 11.8. The standard InChI is InChI=1S/C18H17NO5/c20-18(17-11-22-14-6-2-4-8-16(14)24-17)19-9-12-10-21-13-5-1-3-7-15(13)23-12/h1-8,12,17H,9-11H2,(H,19,20). The summed E-state index contributed by atoms with van der Waals surface area (Å²) in [5.41, 5.74) is 0. The molecule has 2 aromatic carbocycles. The Bertz CT molecular complexity index is 748. The molecule has 1 amide bonds. The number of carbonyl (C=O) groups is 1. The second-order valence-corrected chi connectivity index (χ2v) is 5.61. The predicted molar refractivity (Wildman–Crippen MR) is 85.7 cm³/mol. The number of ether oxygens (including phenoxy) is 4. The number of hydrogen-bond donors (Lipinski definition) is 1. The molecule has 0 aromatic heterocycles. The Labute approximate surface area is 139 Å². The summed E-state index contributed by atoms with van der Waals surface area (Å²) in [4.78, 5) is 12.3. The van der Waals surface area contributed by atoms with Gasteiger partial charge in [0.25, 0.3) is 5.91 Å². The molecule has 2 aliphatic rings. The van der Waals surface area contributed by atoms with Crippen LogP contribution in [0.3, 0.4) is 0 Å². The number of nitrogens with one attached hydrogen (secondary N) is 1. The van der Waals surface area contributed by atoms with E-state index in [1.807, 2.05) is 42.5 Å². The van der Waals surface area contributed by atoms with Crippen molar-refractivity contribution in [2.75, 3.05) is 19.8 Å². The van der Waals surface area contributed by atoms with Crippen LogP contribution in [0.5, 0.6) is 23.0 Å². The molecule has 2 heterocycles. The molecule has 0 spiro atoms. The fourth-order valence-electron chi connectivity index (χ4n) is 2.64. The summed E-state index contributed by atoms with van der Waals surface area (Å²) in [6, 6.07) is 14.8. The van der Waals surface area contributed by atoms with E-state index in [0.717, 1.165) is 5.75 Å². The van der Waals surface area contributed by atoms with Crippen molar-refractivity contribution in [1.82, 2.24) is 5.32 Å². The zero-order valence-corrected chi connectivity index (χ0v) is 12.9. The van der Waals surface area contributed by atoms with E-state index in [1.165, 1.54) is 0 Å². The number of amides is 1. The second kappa shape index (κ2) is 6.31. The second-order valence-electron chi connectivity index (χ2n) is 5.61. The van der Waals surface area contributed by atoms with Crippen LogP contribution in [0.25, 0.3) is 0 Å². The lowest BCUT2D eigenvalue weighted by atomic mass is 10.2. The third-order valence-electron chi connectivity index (χ3n) is 3.87. The van der Waals surface area contributed by atoms with E-state index in [0.29, 0.717) is 30.4 Å². The number of benzene rings is 2. The maximum absolute atomic E-state index is 12.3. The highest BCUT2D eigenvalue weighted by molar-refractivity contribution is 5.81. The van der Waals surface area contributed by atoms with Gasteiger partial charge in [-0.3, -0.25) is 4.79 Å². The monoisotopic (exact) mass is 327 g/mol. The highest BCUT2D eigenvalue weighted by Crippen LogP contribution is 2.31. The van der Waals surface area contributed by atoms with Crippen molar-refractivity contribution in [3.8, 4) is 23.0 Å². The van der Waals surface area contributed by atoms with Gasteiger partial charge < -0.3 is 24.3 Å². The fourth-order valence-corrected chi connectivity index (χ4v) is 2.64. The number of hydrogen-bond acceptors (Lipinski definition) is 5. The highest BCUT2D eigenvalue weighted by atomic mass is 16.6. The summed E-state index contributed by atoms with van der Waals surface area (Å²) in [5.74, 6) is 2.42. The summed E-state index contributed by atoms with van der Waals surface area (Å²) >= 11 is 0. The molecule has 6 heteroatoms. The third-order valence-corrected chi connectivity index (χ3v) is 3.87. The summed E-state index contributed by atoms with van der Waals surface area (Å²) in [6.45, 7) is 0.921. The smallest absolute Gasteiger partial charge is 0.264 e. The van der Waals surface area contributed by atoms with Crippen LogP contribution in [-0.4, -0.2) is 37.9 Å². The lowest BCUT2D eigenvalue weighted by Crippen LogP contribution is -2.48. The summed E-state index contributed by atoms with van der Waals surface area (Å²) in [6.07, 6.45) is -0.905. The van der Waals surface area contributed by atoms with Gasteiger partial charge in [-0.15, -0.1) is 0 Å². The van der Waals surface area contributed by atoms with Gasteiger partial charge in [0.1, 0.15) is 19.3 Å². The quantitative estimate of drug-likeness (QED) is 0.931. The normalized spacial score (nSPS) is 21.0. The third kappa shape index (κ3) is 2.95. The molecule has 24 heavy (non-hydrogen) atoms. The van der Waals surface area contributed by atoms with Crippen LogP contribution in [-0.2, 0) is 4.79 Å². The maximum atomic E-state index is 12.3. The average Bonchev–Trinajstić information content (AvgIpc) is 2.65. The Morgan fingerprint density at radius 3 is 2.17 bits per heavy atom. The molecule has 2 unspecified atom stereocenters. The summed E-state index contributed by atoms with van der Waals surface area (Å²) in [5, 5.41) is 2.83. The van der Waals surface area contributed by atoms with E-state index < -0.39 is 6.10 Å². The summed E-state index contributed by atoms with van der Waals surface area (Å²) in [7, 11) is 0. The lowest BCUT2D eigenvalue weighted by molar-refractivity contribution is -0.130. The highest BCUT2D eigenvalue weighted by Gasteiger charge is 2.28. The van der Waals surface area contributed by atoms with Crippen molar-refractivity contribution in [3.63, 3.8) is 0 Å². The van der Waals surface area contributed by atoms with Crippen molar-refractivity contribution in [2.24, 2.45) is 0 Å². The SMILES string of the molecule is O=C(NCC1COc2ccccc2O1)C1COc2ccccc2O1. The van der Waals surface area contributed by atoms with Gasteiger partial charge in [-0.25, -0.2) is 0 Å². The number of rotatable bonds is 3. The van der Waals surface area contributed by atoms with Gasteiger partial charge in [0.15, 0.2) is 23.0 Å². The lowest BCUT2D eigenvalue weighted by Gasteiger charge is -2.28. The minimum atomic E-state index is -0.670. The van der Waals surface area contributed by atoms with E-state index in [4.69, 9.17) is 18.9 Å². The van der Waals surface area contributed by atoms with Crippen molar-refractivity contribution in [2.45, 2.75) is 12.2 Å². The fraction of sp³-hybridized carbons (Fsp3) is 0.278. The van der Waals surface area contributed by atoms with Crippen molar-refractivity contribution < 1.29 is 23.7 Å². The molecule has 0 saturated heterocycles. The molecular weight excluding hydrogens is 310 g/mol. The van der Waals surface area contributed by atoms with E-state index >= 15 is 0 Å². The van der Waals surface area contributed by atoms with E-state index in [9.17, 15) is 4.79 Å². The maximum Gasteiger partial charge on any atom is 0.264 e. The minimum Gasteiger partial charge on any atom is -0.486 e. The van der Waals surface area contributed by atoms with Crippen LogP contribution in [0.15, 0.2) is 48.5 Å². The van der Waals surface area contributed by atoms with Gasteiger partial charge >= 0.3 is 0 Å². The van der Waals surface area contributed by atoms with Gasteiger partial charge in [-0.05, 0) is 24.3 Å². The molecule has 0 saturated carbocycles. The Kier molecular flexibility index (Phi) is 3.86. The zero-order valence-electron chi connectivity index (χ0n) is 12.9. The first-order valence-electron chi connectivity index (χ1n) is 7.84. The van der Waals surface area contributed by atoms with Gasteiger partial charge in [0.05, 0.1) is 6.54 Å².